The van der Waals surface area contributed by atoms with Crippen LogP contribution in [0.25, 0.3) is 17.8 Å². The predicted octanol–water partition coefficient (Wildman–Crippen LogP) is 2.25. The summed E-state index contributed by atoms with van der Waals surface area (Å²) in [4.78, 5) is 10.4. The molecule has 4 rings (SSSR count). The number of halogens is 1. The number of nitro benzene ring substituents is 1. The predicted molar refractivity (Wildman–Crippen MR) is 115 cm³/mol. The monoisotopic (exact) mass is 436 g/mol. The van der Waals surface area contributed by atoms with E-state index in [1.54, 1.807) is 12.1 Å². The zero-order valence-electron chi connectivity index (χ0n) is 15.7. The third-order valence-electron chi connectivity index (χ3n) is 4.15. The van der Waals surface area contributed by atoms with Gasteiger partial charge in [0.05, 0.1) is 4.92 Å². The van der Waals surface area contributed by atoms with Crippen LogP contribution in [0.2, 0.25) is 0 Å². The lowest BCUT2D eigenvalue weighted by Crippen LogP contribution is -3.00. The van der Waals surface area contributed by atoms with Crippen molar-refractivity contribution < 1.29 is 22.0 Å². The first-order valence-electron chi connectivity index (χ1n) is 8.92. The molecule has 0 fully saturated rings. The van der Waals surface area contributed by atoms with E-state index in [1.807, 2.05) is 77.5 Å². The van der Waals surface area contributed by atoms with Crippen LogP contribution in [0.3, 0.4) is 0 Å². The molecule has 0 unspecified atom stereocenters. The van der Waals surface area contributed by atoms with Crippen molar-refractivity contribution >= 4 is 40.0 Å². The average Bonchev–Trinajstić information content (AvgIpc) is 3.16. The summed E-state index contributed by atoms with van der Waals surface area (Å²) < 4.78 is 1.87. The highest BCUT2D eigenvalue weighted by Gasteiger charge is 2.20. The second-order valence-electron chi connectivity index (χ2n) is 6.17. The van der Waals surface area contributed by atoms with Crippen LogP contribution in [-0.4, -0.2) is 10.0 Å². The molecule has 0 saturated heterocycles. The SMILES string of the molecule is O=[N+]([O-])c1ccc(/C=C/c2sc(Nc3ccccc3)n[n+]2-c2ccccc2)cc1.[Cl-]. The number of aromatic nitrogens is 2. The lowest BCUT2D eigenvalue weighted by Gasteiger charge is -1.97. The second-order valence-corrected chi connectivity index (χ2v) is 7.17. The van der Waals surface area contributed by atoms with Gasteiger partial charge in [-0.25, -0.2) is 0 Å². The number of benzene rings is 3. The zero-order valence-corrected chi connectivity index (χ0v) is 17.3. The molecule has 1 N–H and O–H groups in total. The van der Waals surface area contributed by atoms with Gasteiger partial charge in [0.25, 0.3) is 15.8 Å². The van der Waals surface area contributed by atoms with Gasteiger partial charge in [-0.15, -0.1) is 0 Å². The fourth-order valence-electron chi connectivity index (χ4n) is 2.73. The van der Waals surface area contributed by atoms with Gasteiger partial charge in [0.1, 0.15) is 0 Å². The largest absolute Gasteiger partial charge is 1.00 e. The highest BCUT2D eigenvalue weighted by Crippen LogP contribution is 2.23. The van der Waals surface area contributed by atoms with Crippen LogP contribution >= 0.6 is 11.3 Å². The summed E-state index contributed by atoms with van der Waals surface area (Å²) in [6.07, 6.45) is 3.88. The Kier molecular flexibility index (Phi) is 6.90. The van der Waals surface area contributed by atoms with E-state index in [-0.39, 0.29) is 18.1 Å². The number of nitrogens with one attached hydrogen (secondary N) is 1. The molecule has 0 aliphatic rings. The van der Waals surface area contributed by atoms with Crippen LogP contribution in [-0.2, 0) is 0 Å². The molecular formula is C22H17ClN4O2S. The number of non-ortho nitro benzene ring substituents is 1. The minimum Gasteiger partial charge on any atom is -1.00 e. The Morgan fingerprint density at radius 3 is 2.17 bits per heavy atom. The molecule has 0 amide bonds. The Morgan fingerprint density at radius 1 is 0.900 bits per heavy atom. The molecule has 150 valence electrons. The first-order valence-corrected chi connectivity index (χ1v) is 9.74. The number of rotatable bonds is 6. The maximum Gasteiger partial charge on any atom is 0.297 e. The lowest BCUT2D eigenvalue weighted by molar-refractivity contribution is -0.654. The highest BCUT2D eigenvalue weighted by molar-refractivity contribution is 7.15. The average molecular weight is 437 g/mol. The van der Waals surface area contributed by atoms with Gasteiger partial charge >= 0.3 is 0 Å². The van der Waals surface area contributed by atoms with Gasteiger partial charge in [0.15, 0.2) is 0 Å². The Labute approximate surface area is 183 Å². The number of anilines is 2. The molecule has 3 aromatic carbocycles. The summed E-state index contributed by atoms with van der Waals surface area (Å²) in [7, 11) is 0. The van der Waals surface area contributed by atoms with E-state index in [9.17, 15) is 10.1 Å². The van der Waals surface area contributed by atoms with E-state index in [4.69, 9.17) is 5.10 Å². The number of nitro groups is 1. The maximum absolute atomic E-state index is 10.8. The molecule has 0 aliphatic heterocycles. The minimum atomic E-state index is -0.401. The summed E-state index contributed by atoms with van der Waals surface area (Å²) in [5, 5.41) is 20.5. The Bertz CT molecular complexity index is 1150. The van der Waals surface area contributed by atoms with Crippen LogP contribution in [0.1, 0.15) is 10.6 Å². The van der Waals surface area contributed by atoms with Crippen molar-refractivity contribution in [2.45, 2.75) is 0 Å². The molecule has 8 heteroatoms. The molecule has 0 spiro atoms. The van der Waals surface area contributed by atoms with Crippen molar-refractivity contribution in [1.82, 2.24) is 5.10 Å². The number of para-hydroxylation sites is 2. The zero-order chi connectivity index (χ0) is 20.1. The Hall–Kier alpha value is -3.55. The van der Waals surface area contributed by atoms with Crippen LogP contribution in [0.15, 0.2) is 84.9 Å². The smallest absolute Gasteiger partial charge is 0.297 e. The van der Waals surface area contributed by atoms with E-state index in [0.29, 0.717) is 0 Å². The van der Waals surface area contributed by atoms with Gasteiger partial charge < -0.3 is 17.7 Å². The molecular weight excluding hydrogens is 420 g/mol. The van der Waals surface area contributed by atoms with Crippen molar-refractivity contribution in [2.75, 3.05) is 5.32 Å². The van der Waals surface area contributed by atoms with Crippen molar-refractivity contribution in [1.29, 1.82) is 0 Å². The molecule has 30 heavy (non-hydrogen) atoms. The van der Waals surface area contributed by atoms with E-state index in [1.165, 1.54) is 23.5 Å². The van der Waals surface area contributed by atoms with Crippen LogP contribution < -0.4 is 22.4 Å². The summed E-state index contributed by atoms with van der Waals surface area (Å²) in [5.41, 5.74) is 2.87. The second kappa shape index (κ2) is 9.78. The van der Waals surface area contributed by atoms with Gasteiger partial charge in [0, 0.05) is 41.1 Å². The fourth-order valence-corrected chi connectivity index (χ4v) is 3.59. The lowest BCUT2D eigenvalue weighted by atomic mass is 10.2. The molecule has 0 aliphatic carbocycles. The first kappa shape index (κ1) is 21.2. The van der Waals surface area contributed by atoms with Crippen LogP contribution in [0, 0.1) is 10.1 Å². The molecule has 1 aromatic heterocycles. The summed E-state index contributed by atoms with van der Waals surface area (Å²) in [6, 6.07) is 26.2. The van der Waals surface area contributed by atoms with Gasteiger partial charge in [0.2, 0.25) is 5.69 Å². The number of nitrogens with zero attached hydrogens (tertiary/aromatic N) is 3. The van der Waals surface area contributed by atoms with Crippen LogP contribution in [0.5, 0.6) is 0 Å². The van der Waals surface area contributed by atoms with E-state index < -0.39 is 4.92 Å². The van der Waals surface area contributed by atoms with E-state index in [2.05, 4.69) is 5.32 Å². The summed E-state index contributed by atoms with van der Waals surface area (Å²) in [6.45, 7) is 0. The van der Waals surface area contributed by atoms with Crippen molar-refractivity contribution in [3.8, 4) is 5.69 Å². The molecule has 0 atom stereocenters. The van der Waals surface area contributed by atoms with Crippen molar-refractivity contribution in [2.24, 2.45) is 0 Å². The van der Waals surface area contributed by atoms with Gasteiger partial charge in [-0.3, -0.25) is 10.1 Å². The van der Waals surface area contributed by atoms with Crippen LogP contribution in [0.4, 0.5) is 16.5 Å². The normalized spacial score (nSPS) is 10.5. The molecule has 0 radical (unpaired) electrons. The number of hydrogen-bond donors (Lipinski definition) is 1. The summed E-state index contributed by atoms with van der Waals surface area (Å²) in [5.74, 6) is 0. The fraction of sp³-hybridized carbons (Fsp3) is 0. The maximum atomic E-state index is 10.8. The summed E-state index contributed by atoms with van der Waals surface area (Å²) >= 11 is 1.52. The minimum absolute atomic E-state index is 0. The van der Waals surface area contributed by atoms with Crippen molar-refractivity contribution in [3.63, 3.8) is 0 Å². The molecule has 1 heterocycles. The number of hydrogen-bond acceptors (Lipinski definition) is 5. The quantitative estimate of drug-likeness (QED) is 0.286. The third-order valence-corrected chi connectivity index (χ3v) is 5.04. The van der Waals surface area contributed by atoms with Gasteiger partial charge in [-0.2, -0.15) is 0 Å². The first-order chi connectivity index (χ1) is 14.2. The Morgan fingerprint density at radius 2 is 1.53 bits per heavy atom. The van der Waals surface area contributed by atoms with Gasteiger partial charge in [-0.1, -0.05) is 36.4 Å². The van der Waals surface area contributed by atoms with E-state index >= 15 is 0 Å². The Balaban J connectivity index is 0.00000256. The molecule has 0 saturated carbocycles. The molecule has 0 bridgehead atoms. The molecule has 4 aromatic rings. The topological polar surface area (TPSA) is 71.9 Å². The standard InChI is InChI=1S/C22H17N4O2S.ClH/c27-26(28)20-14-11-17(12-15-20)13-16-21-25(19-9-5-2-6-10-19)24-22(29-21)23-18-7-3-1-4-8-18;/h1-16H,(H,23,24);1H/q+1;/p-1/b16-13+;. The third kappa shape index (κ3) is 5.08. The molecule has 6 nitrogen and oxygen atoms in total. The highest BCUT2D eigenvalue weighted by atomic mass is 35.5. The van der Waals surface area contributed by atoms with Gasteiger partial charge in [-0.05, 0) is 51.9 Å². The van der Waals surface area contributed by atoms with E-state index in [0.717, 1.165) is 27.1 Å². The van der Waals surface area contributed by atoms with Crippen molar-refractivity contribution in [3.05, 3.63) is 106 Å².